The number of dihydropyridines is 2. The van der Waals surface area contributed by atoms with Gasteiger partial charge in [0.05, 0.1) is 36.8 Å². The number of phenols is 1. The van der Waals surface area contributed by atoms with E-state index in [2.05, 4.69) is 20.9 Å². The molecule has 2 amide bonds. The number of guanidine groups is 1. The number of phenolic OH excluding ortho intramolecular Hbond substituents is 1. The number of carbonyl (C=O) groups excluding carboxylic acids is 4. The van der Waals surface area contributed by atoms with Gasteiger partial charge in [0.15, 0.2) is 17.3 Å². The van der Waals surface area contributed by atoms with Gasteiger partial charge in [-0.1, -0.05) is 12.2 Å². The van der Waals surface area contributed by atoms with E-state index >= 15 is 9.59 Å². The molecule has 392 valence electrons. The molecule has 73 heavy (non-hydrogen) atoms. The fourth-order valence-corrected chi connectivity index (χ4v) is 10.9. The lowest BCUT2D eigenvalue weighted by atomic mass is 9.73. The molecule has 1 saturated heterocycles. The topological polar surface area (TPSA) is 408 Å². The number of rotatable bonds is 15. The highest BCUT2D eigenvalue weighted by molar-refractivity contribution is 6.31. The molecule has 4 aliphatic heterocycles. The summed E-state index contributed by atoms with van der Waals surface area (Å²) >= 11 is 0. The second-order valence-electron chi connectivity index (χ2n) is 18.7. The smallest absolute Gasteiger partial charge is 0.253 e. The summed E-state index contributed by atoms with van der Waals surface area (Å²) in [5.74, 6) is -10.1. The maximum Gasteiger partial charge on any atom is 0.253 e. The largest absolute Gasteiger partial charge is 0.507 e. The van der Waals surface area contributed by atoms with Crippen LogP contribution in [0.2, 0.25) is 0 Å². The molecule has 2 aromatic carbocycles. The number of aliphatic hydroxyl groups excluding tert-OH is 5. The number of fused-ring (bicyclic) bond motifs is 4. The number of methoxy groups -OCH3 is 1. The summed E-state index contributed by atoms with van der Waals surface area (Å²) in [6, 6.07) is 1.03. The number of nitrogens with one attached hydrogen (secondary N) is 3. The molecule has 0 radical (unpaired) electrons. The summed E-state index contributed by atoms with van der Waals surface area (Å²) < 4.78 is 17.3. The lowest BCUT2D eigenvalue weighted by Gasteiger charge is -2.54. The zero-order valence-electron chi connectivity index (χ0n) is 39.8. The van der Waals surface area contributed by atoms with Gasteiger partial charge in [0.1, 0.15) is 29.5 Å². The van der Waals surface area contributed by atoms with Crippen LogP contribution in [0.25, 0.3) is 0 Å². The van der Waals surface area contributed by atoms with Gasteiger partial charge in [0.2, 0.25) is 18.4 Å². The van der Waals surface area contributed by atoms with Gasteiger partial charge in [-0.3, -0.25) is 29.1 Å². The van der Waals surface area contributed by atoms with Gasteiger partial charge in [0.25, 0.3) is 17.6 Å². The minimum absolute atomic E-state index is 0.0176. The van der Waals surface area contributed by atoms with Crippen LogP contribution in [0, 0.1) is 17.8 Å². The molecule has 0 spiro atoms. The highest BCUT2D eigenvalue weighted by Crippen LogP contribution is 2.50. The van der Waals surface area contributed by atoms with E-state index in [1.54, 1.807) is 18.4 Å². The van der Waals surface area contributed by atoms with Crippen LogP contribution in [0.5, 0.6) is 17.2 Å². The first-order valence-electron chi connectivity index (χ1n) is 23.5. The lowest BCUT2D eigenvalue weighted by molar-refractivity contribution is -0.456. The monoisotopic (exact) mass is 1020 g/mol. The van der Waals surface area contributed by atoms with Gasteiger partial charge in [0, 0.05) is 85.9 Å². The van der Waals surface area contributed by atoms with E-state index in [4.69, 9.17) is 31.4 Å². The van der Waals surface area contributed by atoms with Crippen molar-refractivity contribution >= 4 is 29.3 Å². The summed E-state index contributed by atoms with van der Waals surface area (Å²) in [6.07, 6.45) is -0.440. The minimum Gasteiger partial charge on any atom is -0.507 e. The third kappa shape index (κ3) is 9.23. The summed E-state index contributed by atoms with van der Waals surface area (Å²) in [5.41, 5.74) is 15.2. The van der Waals surface area contributed by atoms with Crippen molar-refractivity contribution in [3.8, 4) is 17.2 Å². The number of hydrogen-bond acceptors (Lipinski definition) is 21. The number of nitrogens with two attached hydrogens (primary N) is 3. The molecule has 18 N–H and O–H groups in total. The van der Waals surface area contributed by atoms with E-state index in [0.717, 1.165) is 28.7 Å². The summed E-state index contributed by atoms with van der Waals surface area (Å²) in [4.78, 5) is 60.9. The molecule has 6 aliphatic rings. The van der Waals surface area contributed by atoms with Crippen molar-refractivity contribution in [2.24, 2.45) is 39.9 Å². The van der Waals surface area contributed by atoms with E-state index in [1.807, 2.05) is 6.08 Å². The van der Waals surface area contributed by atoms with Crippen LogP contribution in [0.1, 0.15) is 73.4 Å². The number of nitrogens with zero attached hydrogens (tertiary/aromatic N) is 2. The number of aromatic hydroxyl groups is 1. The summed E-state index contributed by atoms with van der Waals surface area (Å²) in [7, 11) is 2.62. The fraction of sp³-hybridized carbons (Fsp3) is 0.449. The maximum absolute atomic E-state index is 15.4. The van der Waals surface area contributed by atoms with Crippen molar-refractivity contribution in [1.29, 1.82) is 0 Å². The maximum atomic E-state index is 15.4. The number of amides is 2. The molecule has 4 heterocycles. The molecule has 24 heteroatoms. The first-order chi connectivity index (χ1) is 34.7. The molecular formula is C49H60N8O16. The average Bonchev–Trinajstić information content (AvgIpc) is 3.56. The number of ether oxygens (including phenoxy) is 3. The molecule has 2 aliphatic carbocycles. The Labute approximate surface area is 417 Å². The van der Waals surface area contributed by atoms with Gasteiger partial charge in [-0.2, -0.15) is 0 Å². The molecule has 9 unspecified atom stereocenters. The standard InChI is InChI=1S/C49H60N8O16/c1-53-47(52)56-18-28-27-14-26(23-4-6-32(50)55-17-23)21(10-12-58)3-5-25(27)36-39(40(28)62)42(64)38-31(15-30(71-2)29(20-59)37(38)41(36)63)72-45-43(65)44(66)48(69,49(70,73-45)46(67)68)16-24(22-9-11-54-33(51)13-22)19-57-34(60)7-8-35(57)61/h4,6-9,13,15,17,21,24,26,32,43-46,54-55,58-59,62,65-70H,3,5,10-12,14,16,18-20,50-51H2,1-2H3,(H3,52,53,56). The Morgan fingerprint density at radius 3 is 2.34 bits per heavy atom. The molecule has 1 fully saturated rings. The Kier molecular flexibility index (Phi) is 14.9. The number of benzene rings is 2. The molecule has 8 rings (SSSR count). The van der Waals surface area contributed by atoms with Gasteiger partial charge in [-0.05, 0) is 78.4 Å². The third-order valence-electron chi connectivity index (χ3n) is 14.7. The highest BCUT2D eigenvalue weighted by Gasteiger charge is 2.68. The molecule has 24 nitrogen and oxygen atoms in total. The number of ketones is 2. The van der Waals surface area contributed by atoms with Crippen LogP contribution in [0.15, 0.2) is 70.7 Å². The molecule has 0 saturated carbocycles. The Morgan fingerprint density at radius 2 is 1.73 bits per heavy atom. The van der Waals surface area contributed by atoms with Gasteiger partial charge < -0.3 is 93.3 Å². The van der Waals surface area contributed by atoms with Crippen molar-refractivity contribution < 1.29 is 79.3 Å². The quantitative estimate of drug-likeness (QED) is 0.0232. The second kappa shape index (κ2) is 20.7. The van der Waals surface area contributed by atoms with Crippen LogP contribution >= 0.6 is 0 Å². The SMILES string of the molecule is CN=C(N)NCc1c(O)c2c(c3c1CC(C1=CNC(N)C=C1)C(CCO)CC3)C(=O)c1c(CO)c(OC)cc(OC3OC(O)(C(O)O)C(O)(CC(CN4C(=O)C=CC4=O)C4=CCNC(N)=C4)C(O)C3O)c1C2=O. The summed E-state index contributed by atoms with van der Waals surface area (Å²) in [5, 5.41) is 112. The predicted molar refractivity (Wildman–Crippen MR) is 255 cm³/mol. The zero-order chi connectivity index (χ0) is 52.8. The Hall–Kier alpha value is -6.71. The van der Waals surface area contributed by atoms with E-state index in [9.17, 15) is 55.5 Å². The summed E-state index contributed by atoms with van der Waals surface area (Å²) in [6.45, 7) is -1.60. The minimum atomic E-state index is -3.69. The number of aliphatic hydroxyl groups is 8. The van der Waals surface area contributed by atoms with E-state index in [-0.39, 0.29) is 84.2 Å². The number of imide groups is 1. The van der Waals surface area contributed by atoms with Gasteiger partial charge >= 0.3 is 0 Å². The van der Waals surface area contributed by atoms with Crippen LogP contribution < -0.4 is 42.6 Å². The molecule has 0 aromatic heterocycles. The van der Waals surface area contributed by atoms with Crippen LogP contribution in [0.4, 0.5) is 0 Å². The van der Waals surface area contributed by atoms with E-state index < -0.39 is 119 Å². The second-order valence-corrected chi connectivity index (χ2v) is 18.7. The molecule has 2 aromatic rings. The van der Waals surface area contributed by atoms with Crippen LogP contribution in [-0.2, 0) is 40.3 Å². The van der Waals surface area contributed by atoms with Crippen molar-refractivity contribution in [3.63, 3.8) is 0 Å². The lowest BCUT2D eigenvalue weighted by Crippen LogP contribution is -2.77. The number of hydrogen-bond donors (Lipinski definition) is 15. The Bertz CT molecular complexity index is 2770. The van der Waals surface area contributed by atoms with Crippen molar-refractivity contribution in [3.05, 3.63) is 110 Å². The Morgan fingerprint density at radius 1 is 1.01 bits per heavy atom. The number of aliphatic imine (C=N–C) groups is 1. The van der Waals surface area contributed by atoms with Crippen LogP contribution in [0.3, 0.4) is 0 Å². The number of carbonyl (C=O) groups is 4. The zero-order valence-corrected chi connectivity index (χ0v) is 39.8. The average molecular weight is 1020 g/mol. The fourth-order valence-electron chi connectivity index (χ4n) is 10.9. The van der Waals surface area contributed by atoms with Crippen LogP contribution in [-0.4, -0.2) is 156 Å². The normalized spacial score (nSPS) is 28.3. The molecule has 0 bridgehead atoms. The molecule has 9 atom stereocenters. The van der Waals surface area contributed by atoms with E-state index in [0.29, 0.717) is 24.0 Å². The molecular weight excluding hydrogens is 957 g/mol. The van der Waals surface area contributed by atoms with Gasteiger partial charge in [-0.25, -0.2) is 0 Å². The van der Waals surface area contributed by atoms with Crippen molar-refractivity contribution in [1.82, 2.24) is 20.9 Å². The predicted octanol–water partition coefficient (Wildman–Crippen LogP) is -3.42. The first-order valence-corrected chi connectivity index (χ1v) is 23.5. The highest BCUT2D eigenvalue weighted by atomic mass is 16.8. The Balaban J connectivity index is 1.23. The first kappa shape index (κ1) is 52.6. The van der Waals surface area contributed by atoms with Gasteiger partial charge in [-0.15, -0.1) is 0 Å². The third-order valence-corrected chi connectivity index (χ3v) is 14.7. The van der Waals surface area contributed by atoms with Crippen molar-refractivity contribution in [2.75, 3.05) is 33.9 Å². The van der Waals surface area contributed by atoms with Crippen molar-refractivity contribution in [2.45, 2.75) is 87.6 Å². The van der Waals surface area contributed by atoms with E-state index in [1.165, 1.54) is 20.2 Å². The number of allylic oxidation sites excluding steroid dienone is 3.